The van der Waals surface area contributed by atoms with Crippen LogP contribution in [0.2, 0.25) is 10.3 Å². The monoisotopic (exact) mass is 299 g/mol. The first-order chi connectivity index (χ1) is 8.97. The number of hydrogen-bond acceptors (Lipinski definition) is 4. The maximum absolute atomic E-state index is 12.0. The van der Waals surface area contributed by atoms with E-state index >= 15 is 0 Å². The van der Waals surface area contributed by atoms with Gasteiger partial charge in [-0.05, 0) is 32.0 Å². The molecule has 5 nitrogen and oxygen atoms in total. The van der Waals surface area contributed by atoms with E-state index in [-0.39, 0.29) is 27.8 Å². The Balaban J connectivity index is 2.15. The molecule has 100 valence electrons. The topological polar surface area (TPSA) is 68.0 Å². The lowest BCUT2D eigenvalue weighted by Crippen LogP contribution is -2.27. The molecule has 1 unspecified atom stereocenters. The van der Waals surface area contributed by atoms with E-state index in [1.54, 1.807) is 13.0 Å². The van der Waals surface area contributed by atoms with Crippen LogP contribution in [0.5, 0.6) is 0 Å². The summed E-state index contributed by atoms with van der Waals surface area (Å²) in [5, 5.41) is 9.99. The summed E-state index contributed by atoms with van der Waals surface area (Å²) in [6, 6.07) is 4.71. The summed E-state index contributed by atoms with van der Waals surface area (Å²) in [5.41, 5.74) is 0.178. The number of amides is 1. The normalized spacial score (nSPS) is 12.2. The van der Waals surface area contributed by atoms with Crippen LogP contribution in [0.15, 0.2) is 22.6 Å². The number of nitrogens with zero attached hydrogens (tertiary/aromatic N) is 2. The number of carbonyl (C=O) groups excluding carboxylic acids is 1. The zero-order valence-corrected chi connectivity index (χ0v) is 11.8. The molecular weight excluding hydrogens is 289 g/mol. The first-order valence-corrected chi connectivity index (χ1v) is 6.29. The molecule has 19 heavy (non-hydrogen) atoms. The molecule has 0 aliphatic rings. The molecule has 0 spiro atoms. The molecule has 2 heterocycles. The molecule has 1 amide bonds. The molecule has 2 rings (SSSR count). The third kappa shape index (κ3) is 3.24. The fourth-order valence-electron chi connectivity index (χ4n) is 1.54. The minimum Gasteiger partial charge on any atom is -0.464 e. The molecule has 7 heteroatoms. The fourth-order valence-corrected chi connectivity index (χ4v) is 1.87. The Morgan fingerprint density at radius 1 is 1.37 bits per heavy atom. The predicted molar refractivity (Wildman–Crippen MR) is 71.4 cm³/mol. The number of hydrogen-bond donors (Lipinski definition) is 1. The van der Waals surface area contributed by atoms with Crippen LogP contribution >= 0.6 is 23.2 Å². The van der Waals surface area contributed by atoms with Gasteiger partial charge in [0, 0.05) is 0 Å². The van der Waals surface area contributed by atoms with E-state index in [4.69, 9.17) is 27.6 Å². The fraction of sp³-hybridized carbons (Fsp3) is 0.250. The largest absolute Gasteiger partial charge is 0.464 e. The third-order valence-corrected chi connectivity index (χ3v) is 2.96. The molecule has 0 aromatic carbocycles. The average molecular weight is 300 g/mol. The summed E-state index contributed by atoms with van der Waals surface area (Å²) < 4.78 is 5.43. The SMILES string of the molecule is Cc1ccc(C(C)NC(=O)c2cc(Cl)nnc2Cl)o1. The van der Waals surface area contributed by atoms with E-state index in [2.05, 4.69) is 15.5 Å². The molecule has 1 N–H and O–H groups in total. The van der Waals surface area contributed by atoms with Gasteiger partial charge in [-0.2, -0.15) is 0 Å². The quantitative estimate of drug-likeness (QED) is 0.945. The van der Waals surface area contributed by atoms with Crippen LogP contribution in [-0.4, -0.2) is 16.1 Å². The maximum Gasteiger partial charge on any atom is 0.255 e. The van der Waals surface area contributed by atoms with Gasteiger partial charge in [0.15, 0.2) is 10.3 Å². The summed E-state index contributed by atoms with van der Waals surface area (Å²) >= 11 is 11.5. The van der Waals surface area contributed by atoms with Crippen molar-refractivity contribution in [2.45, 2.75) is 19.9 Å². The van der Waals surface area contributed by atoms with Gasteiger partial charge in [0.05, 0.1) is 11.6 Å². The van der Waals surface area contributed by atoms with Crippen LogP contribution in [-0.2, 0) is 0 Å². The highest BCUT2D eigenvalue weighted by Crippen LogP contribution is 2.19. The summed E-state index contributed by atoms with van der Waals surface area (Å²) in [6.45, 7) is 3.64. The molecule has 0 bridgehead atoms. The second-order valence-electron chi connectivity index (χ2n) is 4.02. The zero-order valence-electron chi connectivity index (χ0n) is 10.3. The second kappa shape index (κ2) is 5.59. The molecule has 0 aliphatic heterocycles. The number of aromatic nitrogens is 2. The van der Waals surface area contributed by atoms with Gasteiger partial charge >= 0.3 is 0 Å². The molecule has 2 aromatic rings. The molecule has 1 atom stereocenters. The van der Waals surface area contributed by atoms with Crippen LogP contribution in [0.3, 0.4) is 0 Å². The lowest BCUT2D eigenvalue weighted by Gasteiger charge is -2.11. The van der Waals surface area contributed by atoms with E-state index in [9.17, 15) is 4.79 Å². The van der Waals surface area contributed by atoms with Crippen molar-refractivity contribution < 1.29 is 9.21 Å². The Labute approximate surface area is 119 Å². The smallest absolute Gasteiger partial charge is 0.255 e. The van der Waals surface area contributed by atoms with Crippen molar-refractivity contribution in [1.82, 2.24) is 15.5 Å². The van der Waals surface area contributed by atoms with E-state index in [1.165, 1.54) is 6.07 Å². The molecule has 0 aliphatic carbocycles. The molecule has 0 fully saturated rings. The third-order valence-electron chi connectivity index (χ3n) is 2.50. The van der Waals surface area contributed by atoms with Gasteiger partial charge in [-0.15, -0.1) is 10.2 Å². The lowest BCUT2D eigenvalue weighted by atomic mass is 10.2. The number of halogens is 2. The first kappa shape index (κ1) is 13.8. The van der Waals surface area contributed by atoms with Crippen molar-refractivity contribution in [1.29, 1.82) is 0 Å². The number of furan rings is 1. The second-order valence-corrected chi connectivity index (χ2v) is 4.76. The zero-order chi connectivity index (χ0) is 14.0. The van der Waals surface area contributed by atoms with E-state index < -0.39 is 0 Å². The van der Waals surface area contributed by atoms with Crippen LogP contribution in [0.25, 0.3) is 0 Å². The molecule has 0 saturated heterocycles. The number of nitrogens with one attached hydrogen (secondary N) is 1. The Kier molecular flexibility index (Phi) is 4.07. The van der Waals surface area contributed by atoms with Gasteiger partial charge in [0.2, 0.25) is 0 Å². The van der Waals surface area contributed by atoms with E-state index in [1.807, 2.05) is 13.0 Å². The number of aryl methyl sites for hydroxylation is 1. The van der Waals surface area contributed by atoms with Gasteiger partial charge in [-0.25, -0.2) is 0 Å². The summed E-state index contributed by atoms with van der Waals surface area (Å²) in [7, 11) is 0. The minimum absolute atomic E-state index is 0.00438. The Morgan fingerprint density at radius 2 is 2.11 bits per heavy atom. The highest BCUT2D eigenvalue weighted by molar-refractivity contribution is 6.34. The highest BCUT2D eigenvalue weighted by Gasteiger charge is 2.17. The van der Waals surface area contributed by atoms with Gasteiger partial charge in [-0.1, -0.05) is 23.2 Å². The van der Waals surface area contributed by atoms with Gasteiger partial charge in [0.1, 0.15) is 11.5 Å². The molecule has 0 saturated carbocycles. The summed E-state index contributed by atoms with van der Waals surface area (Å²) in [4.78, 5) is 12.0. The minimum atomic E-state index is -0.386. The van der Waals surface area contributed by atoms with Gasteiger partial charge < -0.3 is 9.73 Å². The van der Waals surface area contributed by atoms with E-state index in [0.717, 1.165) is 5.76 Å². The van der Waals surface area contributed by atoms with Gasteiger partial charge in [0.25, 0.3) is 5.91 Å². The van der Waals surface area contributed by atoms with Crippen LogP contribution in [0, 0.1) is 6.92 Å². The Bertz CT molecular complexity index is 613. The standard InChI is InChI=1S/C12H11Cl2N3O2/c1-6-3-4-9(19-6)7(2)15-12(18)8-5-10(13)16-17-11(8)14/h3-5,7H,1-2H3,(H,15,18). The van der Waals surface area contributed by atoms with Crippen molar-refractivity contribution in [3.8, 4) is 0 Å². The predicted octanol–water partition coefficient (Wildman–Crippen LogP) is 3.18. The van der Waals surface area contributed by atoms with E-state index in [0.29, 0.717) is 5.76 Å². The van der Waals surface area contributed by atoms with Crippen LogP contribution in [0.4, 0.5) is 0 Å². The Morgan fingerprint density at radius 3 is 2.74 bits per heavy atom. The van der Waals surface area contributed by atoms with Crippen molar-refractivity contribution in [2.24, 2.45) is 0 Å². The molecule has 2 aromatic heterocycles. The highest BCUT2D eigenvalue weighted by atomic mass is 35.5. The summed E-state index contributed by atoms with van der Waals surface area (Å²) in [5.74, 6) is 1.06. The van der Waals surface area contributed by atoms with Crippen LogP contribution < -0.4 is 5.32 Å². The summed E-state index contributed by atoms with van der Waals surface area (Å²) in [6.07, 6.45) is 0. The van der Waals surface area contributed by atoms with Crippen molar-refractivity contribution >= 4 is 29.1 Å². The maximum atomic E-state index is 12.0. The first-order valence-electron chi connectivity index (χ1n) is 5.53. The average Bonchev–Trinajstić information content (AvgIpc) is 2.79. The van der Waals surface area contributed by atoms with Crippen molar-refractivity contribution in [3.63, 3.8) is 0 Å². The number of rotatable bonds is 3. The van der Waals surface area contributed by atoms with Crippen LogP contribution in [0.1, 0.15) is 34.8 Å². The van der Waals surface area contributed by atoms with Crippen molar-refractivity contribution in [2.75, 3.05) is 0 Å². The lowest BCUT2D eigenvalue weighted by molar-refractivity contribution is 0.0934. The molecule has 0 radical (unpaired) electrons. The number of carbonyl (C=O) groups is 1. The molecular formula is C12H11Cl2N3O2. The van der Waals surface area contributed by atoms with Gasteiger partial charge in [-0.3, -0.25) is 4.79 Å². The van der Waals surface area contributed by atoms with Crippen molar-refractivity contribution in [3.05, 3.63) is 45.6 Å². The Hall–Kier alpha value is -1.59.